The maximum atomic E-state index is 6.60. The van der Waals surface area contributed by atoms with E-state index in [1.54, 1.807) is 5.57 Å². The van der Waals surface area contributed by atoms with Gasteiger partial charge in [-0.25, -0.2) is 0 Å². The Bertz CT molecular complexity index is 1940. The molecule has 0 saturated heterocycles. The Morgan fingerprint density at radius 2 is 1.32 bits per heavy atom. The number of rotatable bonds is 4. The SMILES string of the molecule is C1=C(C2CCCCC2)CCC(N(c2ccccc2)c2cc3c4cc5ccccc5cc4oc3c3ccccc23)=C1. The van der Waals surface area contributed by atoms with Crippen molar-refractivity contribution < 1.29 is 4.42 Å². The third-order valence-corrected chi connectivity index (χ3v) is 9.16. The Hall–Kier alpha value is -4.30. The number of allylic oxidation sites excluding steroid dienone is 4. The number of anilines is 2. The van der Waals surface area contributed by atoms with Gasteiger partial charge in [-0.3, -0.25) is 0 Å². The molecule has 40 heavy (non-hydrogen) atoms. The number of hydrogen-bond acceptors (Lipinski definition) is 2. The summed E-state index contributed by atoms with van der Waals surface area (Å²) >= 11 is 0. The highest BCUT2D eigenvalue weighted by Gasteiger charge is 2.25. The third-order valence-electron chi connectivity index (χ3n) is 9.16. The van der Waals surface area contributed by atoms with Crippen LogP contribution in [0.3, 0.4) is 0 Å². The Morgan fingerprint density at radius 3 is 2.10 bits per heavy atom. The van der Waals surface area contributed by atoms with Crippen molar-refractivity contribution in [2.45, 2.75) is 44.9 Å². The first-order valence-electron chi connectivity index (χ1n) is 14.8. The van der Waals surface area contributed by atoms with Crippen molar-refractivity contribution in [3.63, 3.8) is 0 Å². The van der Waals surface area contributed by atoms with Gasteiger partial charge in [0.25, 0.3) is 0 Å². The Balaban J connectivity index is 1.36. The Labute approximate surface area is 235 Å². The first kappa shape index (κ1) is 23.6. The van der Waals surface area contributed by atoms with Crippen molar-refractivity contribution in [3.05, 3.63) is 120 Å². The van der Waals surface area contributed by atoms with Crippen molar-refractivity contribution in [1.29, 1.82) is 0 Å². The van der Waals surface area contributed by atoms with Gasteiger partial charge in [0.1, 0.15) is 11.2 Å². The van der Waals surface area contributed by atoms with Crippen LogP contribution < -0.4 is 4.90 Å². The molecule has 1 saturated carbocycles. The minimum absolute atomic E-state index is 0.779. The second-order valence-corrected chi connectivity index (χ2v) is 11.5. The standard InChI is InChI=1S/C38H33NO/c1-3-11-26(12-4-1)27-19-21-31(22-20-27)39(30-15-5-2-6-16-30)36-25-35-34-23-28-13-7-8-14-29(28)24-37(34)40-38(35)33-18-10-9-17-32(33)36/h2,5-10,13-19,21,23-26H,1,3-4,11-12,20,22H2. The van der Waals surface area contributed by atoms with Crippen molar-refractivity contribution in [2.75, 3.05) is 4.90 Å². The average molecular weight is 520 g/mol. The molecule has 0 unspecified atom stereocenters. The van der Waals surface area contributed by atoms with E-state index in [1.165, 1.54) is 76.1 Å². The molecule has 2 aliphatic carbocycles. The lowest BCUT2D eigenvalue weighted by Gasteiger charge is -2.33. The fraction of sp³-hybridized carbons (Fsp3) is 0.211. The zero-order chi connectivity index (χ0) is 26.5. The lowest BCUT2D eigenvalue weighted by atomic mass is 9.80. The molecule has 0 spiro atoms. The monoisotopic (exact) mass is 519 g/mol. The van der Waals surface area contributed by atoms with E-state index < -0.39 is 0 Å². The van der Waals surface area contributed by atoms with Crippen molar-refractivity contribution >= 4 is 54.9 Å². The van der Waals surface area contributed by atoms with E-state index >= 15 is 0 Å². The summed E-state index contributed by atoms with van der Waals surface area (Å²) in [5.74, 6) is 0.779. The lowest BCUT2D eigenvalue weighted by molar-refractivity contribution is 0.393. The molecular formula is C38H33NO. The van der Waals surface area contributed by atoms with Crippen molar-refractivity contribution in [3.8, 4) is 0 Å². The zero-order valence-electron chi connectivity index (χ0n) is 22.8. The molecule has 6 aromatic rings. The van der Waals surface area contributed by atoms with Crippen LogP contribution in [0, 0.1) is 5.92 Å². The van der Waals surface area contributed by atoms with E-state index in [-0.39, 0.29) is 0 Å². The Kier molecular flexibility index (Phi) is 5.72. The highest BCUT2D eigenvalue weighted by atomic mass is 16.3. The van der Waals surface area contributed by atoms with Crippen molar-refractivity contribution in [2.24, 2.45) is 5.92 Å². The molecule has 2 nitrogen and oxygen atoms in total. The fourth-order valence-electron chi connectivity index (χ4n) is 7.13. The van der Waals surface area contributed by atoms with Gasteiger partial charge < -0.3 is 9.32 Å². The maximum absolute atomic E-state index is 6.60. The van der Waals surface area contributed by atoms with Crippen molar-refractivity contribution in [1.82, 2.24) is 0 Å². The summed E-state index contributed by atoms with van der Waals surface area (Å²) in [6, 6.07) is 35.0. The van der Waals surface area contributed by atoms with Gasteiger partial charge in [0, 0.05) is 32.9 Å². The van der Waals surface area contributed by atoms with E-state index in [2.05, 4.69) is 114 Å². The topological polar surface area (TPSA) is 16.4 Å². The van der Waals surface area contributed by atoms with E-state index in [1.807, 2.05) is 0 Å². The van der Waals surface area contributed by atoms with Crippen LogP contribution in [-0.2, 0) is 0 Å². The third kappa shape index (κ3) is 3.93. The average Bonchev–Trinajstić information content (AvgIpc) is 3.39. The number of nitrogens with zero attached hydrogens (tertiary/aromatic N) is 1. The summed E-state index contributed by atoms with van der Waals surface area (Å²) in [6.07, 6.45) is 14.0. The van der Waals surface area contributed by atoms with Gasteiger partial charge in [-0.1, -0.05) is 97.6 Å². The van der Waals surface area contributed by atoms with Crippen LogP contribution >= 0.6 is 0 Å². The van der Waals surface area contributed by atoms with Gasteiger partial charge in [0.15, 0.2) is 0 Å². The van der Waals surface area contributed by atoms with Gasteiger partial charge in [0.2, 0.25) is 0 Å². The number of furan rings is 1. The molecule has 0 radical (unpaired) electrons. The second kappa shape index (κ2) is 9.71. The number of hydrogen-bond donors (Lipinski definition) is 0. The van der Waals surface area contributed by atoms with E-state index in [9.17, 15) is 0 Å². The van der Waals surface area contributed by atoms with Crippen LogP contribution in [-0.4, -0.2) is 0 Å². The molecular weight excluding hydrogens is 486 g/mol. The van der Waals surface area contributed by atoms with Gasteiger partial charge in [0.05, 0.1) is 5.69 Å². The number of fused-ring (bicyclic) bond motifs is 6. The van der Waals surface area contributed by atoms with Crippen LogP contribution in [0.1, 0.15) is 44.9 Å². The summed E-state index contributed by atoms with van der Waals surface area (Å²) in [6.45, 7) is 0. The molecule has 2 aliphatic rings. The highest BCUT2D eigenvalue weighted by molar-refractivity contribution is 6.20. The zero-order valence-corrected chi connectivity index (χ0v) is 22.8. The molecule has 0 atom stereocenters. The van der Waals surface area contributed by atoms with Crippen LogP contribution in [0.5, 0.6) is 0 Å². The first-order chi connectivity index (χ1) is 19.8. The normalized spacial score (nSPS) is 16.5. The van der Waals surface area contributed by atoms with Crippen LogP contribution in [0.25, 0.3) is 43.5 Å². The van der Waals surface area contributed by atoms with Gasteiger partial charge in [-0.2, -0.15) is 0 Å². The largest absolute Gasteiger partial charge is 0.455 e. The second-order valence-electron chi connectivity index (χ2n) is 11.5. The molecule has 0 bridgehead atoms. The lowest BCUT2D eigenvalue weighted by Crippen LogP contribution is -2.20. The summed E-state index contributed by atoms with van der Waals surface area (Å²) in [5.41, 5.74) is 7.34. The first-order valence-corrected chi connectivity index (χ1v) is 14.8. The molecule has 1 fully saturated rings. The minimum atomic E-state index is 0.779. The quantitative estimate of drug-likeness (QED) is 0.230. The molecule has 1 heterocycles. The molecule has 1 aromatic heterocycles. The molecule has 0 aliphatic heterocycles. The van der Waals surface area contributed by atoms with Gasteiger partial charge in [-0.05, 0) is 78.8 Å². The molecule has 5 aromatic carbocycles. The molecule has 196 valence electrons. The minimum Gasteiger partial charge on any atom is -0.455 e. The van der Waals surface area contributed by atoms with E-state index in [4.69, 9.17) is 4.42 Å². The predicted octanol–water partition coefficient (Wildman–Crippen LogP) is 11.2. The van der Waals surface area contributed by atoms with E-state index in [0.717, 1.165) is 35.3 Å². The smallest absolute Gasteiger partial charge is 0.143 e. The molecule has 0 amide bonds. The Morgan fingerprint density at radius 1 is 0.600 bits per heavy atom. The number of benzene rings is 5. The molecule has 2 heteroatoms. The number of para-hydroxylation sites is 1. The fourth-order valence-corrected chi connectivity index (χ4v) is 7.13. The molecule has 0 N–H and O–H groups in total. The maximum Gasteiger partial charge on any atom is 0.143 e. The highest BCUT2D eigenvalue weighted by Crippen LogP contribution is 2.45. The van der Waals surface area contributed by atoms with Gasteiger partial charge >= 0.3 is 0 Å². The summed E-state index contributed by atoms with van der Waals surface area (Å²) in [7, 11) is 0. The predicted molar refractivity (Wildman–Crippen MR) is 169 cm³/mol. The summed E-state index contributed by atoms with van der Waals surface area (Å²) in [4.78, 5) is 2.50. The van der Waals surface area contributed by atoms with E-state index in [0.29, 0.717) is 0 Å². The van der Waals surface area contributed by atoms with Gasteiger partial charge in [-0.15, -0.1) is 0 Å². The van der Waals surface area contributed by atoms with Crippen LogP contribution in [0.2, 0.25) is 0 Å². The molecule has 8 rings (SSSR count). The summed E-state index contributed by atoms with van der Waals surface area (Å²) < 4.78 is 6.60. The summed E-state index contributed by atoms with van der Waals surface area (Å²) in [5, 5.41) is 7.16. The van der Waals surface area contributed by atoms with Crippen LogP contribution in [0.4, 0.5) is 11.4 Å². The van der Waals surface area contributed by atoms with Crippen LogP contribution in [0.15, 0.2) is 125 Å².